The third kappa shape index (κ3) is 3.12. The molecule has 1 fully saturated rings. The molecule has 21 heavy (non-hydrogen) atoms. The summed E-state index contributed by atoms with van der Waals surface area (Å²) in [6.45, 7) is 2.45. The van der Waals surface area contributed by atoms with Gasteiger partial charge in [-0.1, -0.05) is 18.0 Å². The summed E-state index contributed by atoms with van der Waals surface area (Å²) in [6.07, 6.45) is 2.79. The van der Waals surface area contributed by atoms with Crippen molar-refractivity contribution in [1.82, 2.24) is 4.31 Å². The maximum Gasteiger partial charge on any atom is 0.247 e. The molecule has 1 heterocycles. The van der Waals surface area contributed by atoms with Gasteiger partial charge in [0.1, 0.15) is 16.4 Å². The van der Waals surface area contributed by atoms with Crippen LogP contribution in [-0.2, 0) is 10.0 Å². The van der Waals surface area contributed by atoms with Gasteiger partial charge in [0, 0.05) is 24.7 Å². The highest BCUT2D eigenvalue weighted by atomic mass is 35.5. The first-order chi connectivity index (χ1) is 9.91. The van der Waals surface area contributed by atoms with E-state index in [0.717, 1.165) is 19.3 Å². The smallest absolute Gasteiger partial charge is 0.247 e. The van der Waals surface area contributed by atoms with Crippen LogP contribution in [0.5, 0.6) is 11.5 Å². The van der Waals surface area contributed by atoms with Crippen LogP contribution in [0.3, 0.4) is 0 Å². The topological polar surface area (TPSA) is 55.8 Å². The van der Waals surface area contributed by atoms with Crippen molar-refractivity contribution in [3.05, 3.63) is 17.2 Å². The number of benzene rings is 1. The Bertz CT molecular complexity index is 618. The molecule has 1 aromatic rings. The lowest BCUT2D eigenvalue weighted by Crippen LogP contribution is -2.42. The van der Waals surface area contributed by atoms with Crippen LogP contribution in [0.1, 0.15) is 26.2 Å². The Morgan fingerprint density at radius 2 is 1.86 bits per heavy atom. The Morgan fingerprint density at radius 1 is 1.19 bits per heavy atom. The van der Waals surface area contributed by atoms with Crippen molar-refractivity contribution in [2.75, 3.05) is 20.8 Å². The van der Waals surface area contributed by atoms with Crippen LogP contribution in [0, 0.1) is 0 Å². The number of piperidine rings is 1. The maximum absolute atomic E-state index is 12.9. The quantitative estimate of drug-likeness (QED) is 0.850. The molecule has 0 saturated carbocycles. The highest BCUT2D eigenvalue weighted by molar-refractivity contribution is 7.89. The van der Waals surface area contributed by atoms with Crippen LogP contribution in [0.4, 0.5) is 0 Å². The molecule has 0 spiro atoms. The number of rotatable bonds is 4. The standard InChI is InChI=1S/C14H20ClNO4S/c1-10-6-4-5-7-16(10)21(17,18)14-9-12(19-2)11(15)8-13(14)20-3/h8-10H,4-7H2,1-3H3/t10-/m0/s1. The second-order valence-electron chi connectivity index (χ2n) is 5.10. The third-order valence-electron chi connectivity index (χ3n) is 3.77. The van der Waals surface area contributed by atoms with Gasteiger partial charge < -0.3 is 9.47 Å². The predicted molar refractivity (Wildman–Crippen MR) is 81.8 cm³/mol. The molecule has 2 rings (SSSR count). The van der Waals surface area contributed by atoms with Gasteiger partial charge in [0.2, 0.25) is 10.0 Å². The zero-order valence-electron chi connectivity index (χ0n) is 12.4. The Kier molecular flexibility index (Phi) is 5.01. The lowest BCUT2D eigenvalue weighted by Gasteiger charge is -2.32. The van der Waals surface area contributed by atoms with Crippen molar-refractivity contribution in [3.8, 4) is 11.5 Å². The van der Waals surface area contributed by atoms with Crippen LogP contribution in [0.25, 0.3) is 0 Å². The number of ether oxygens (including phenoxy) is 2. The van der Waals surface area contributed by atoms with E-state index in [9.17, 15) is 8.42 Å². The molecule has 1 saturated heterocycles. The third-order valence-corrected chi connectivity index (χ3v) is 6.10. The van der Waals surface area contributed by atoms with Crippen LogP contribution in [-0.4, -0.2) is 39.5 Å². The van der Waals surface area contributed by atoms with Crippen molar-refractivity contribution in [2.45, 2.75) is 37.1 Å². The summed E-state index contributed by atoms with van der Waals surface area (Å²) in [4.78, 5) is 0.0972. The van der Waals surface area contributed by atoms with Gasteiger partial charge >= 0.3 is 0 Å². The molecule has 0 bridgehead atoms. The van der Waals surface area contributed by atoms with Gasteiger partial charge in [-0.25, -0.2) is 8.42 Å². The van der Waals surface area contributed by atoms with Gasteiger partial charge in [-0.05, 0) is 19.8 Å². The van der Waals surface area contributed by atoms with E-state index in [1.807, 2.05) is 6.92 Å². The normalized spacial score (nSPS) is 20.3. The lowest BCUT2D eigenvalue weighted by molar-refractivity contribution is 0.267. The van der Waals surface area contributed by atoms with E-state index in [4.69, 9.17) is 21.1 Å². The van der Waals surface area contributed by atoms with E-state index in [-0.39, 0.29) is 16.7 Å². The monoisotopic (exact) mass is 333 g/mol. The maximum atomic E-state index is 12.9. The summed E-state index contributed by atoms with van der Waals surface area (Å²) in [5.74, 6) is 0.555. The highest BCUT2D eigenvalue weighted by Gasteiger charge is 2.33. The first kappa shape index (κ1) is 16.4. The number of hydrogen-bond donors (Lipinski definition) is 0. The molecule has 0 aliphatic carbocycles. The zero-order chi connectivity index (χ0) is 15.6. The van der Waals surface area contributed by atoms with E-state index in [0.29, 0.717) is 17.3 Å². The van der Waals surface area contributed by atoms with E-state index in [1.54, 1.807) is 0 Å². The molecule has 0 radical (unpaired) electrons. The second kappa shape index (κ2) is 6.42. The largest absolute Gasteiger partial charge is 0.495 e. The molecule has 7 heteroatoms. The molecule has 0 amide bonds. The minimum atomic E-state index is -3.63. The van der Waals surface area contributed by atoms with Gasteiger partial charge in [-0.15, -0.1) is 0 Å². The molecule has 0 aromatic heterocycles. The Balaban J connectivity index is 2.52. The van der Waals surface area contributed by atoms with Gasteiger partial charge in [-0.3, -0.25) is 0 Å². The van der Waals surface area contributed by atoms with Gasteiger partial charge in [0.15, 0.2) is 0 Å². The fraction of sp³-hybridized carbons (Fsp3) is 0.571. The summed E-state index contributed by atoms with van der Waals surface area (Å²) < 4.78 is 37.7. The van der Waals surface area contributed by atoms with E-state index in [1.165, 1.54) is 30.7 Å². The molecular formula is C14H20ClNO4S. The molecule has 5 nitrogen and oxygen atoms in total. The first-order valence-corrected chi connectivity index (χ1v) is 8.67. The number of methoxy groups -OCH3 is 2. The molecule has 0 N–H and O–H groups in total. The second-order valence-corrected chi connectivity index (χ2v) is 7.36. The molecule has 1 aliphatic rings. The van der Waals surface area contributed by atoms with Crippen molar-refractivity contribution in [1.29, 1.82) is 0 Å². The Morgan fingerprint density at radius 3 is 2.43 bits per heavy atom. The average molecular weight is 334 g/mol. The molecule has 118 valence electrons. The van der Waals surface area contributed by atoms with E-state index in [2.05, 4.69) is 0 Å². The van der Waals surface area contributed by atoms with Crippen LogP contribution >= 0.6 is 11.6 Å². The number of nitrogens with zero attached hydrogens (tertiary/aromatic N) is 1. The molecule has 1 atom stereocenters. The minimum Gasteiger partial charge on any atom is -0.495 e. The minimum absolute atomic E-state index is 0.0184. The van der Waals surface area contributed by atoms with Crippen LogP contribution < -0.4 is 9.47 Å². The fourth-order valence-corrected chi connectivity index (χ4v) is 4.67. The fourth-order valence-electron chi connectivity index (χ4n) is 2.59. The number of sulfonamides is 1. The van der Waals surface area contributed by atoms with E-state index >= 15 is 0 Å². The highest BCUT2D eigenvalue weighted by Crippen LogP contribution is 2.37. The van der Waals surface area contributed by atoms with Crippen molar-refractivity contribution < 1.29 is 17.9 Å². The summed E-state index contributed by atoms with van der Waals surface area (Å²) in [5, 5.41) is 0.319. The summed E-state index contributed by atoms with van der Waals surface area (Å²) in [7, 11) is -0.754. The predicted octanol–water partition coefficient (Wildman–Crippen LogP) is 2.92. The van der Waals surface area contributed by atoms with Crippen molar-refractivity contribution >= 4 is 21.6 Å². The van der Waals surface area contributed by atoms with Gasteiger partial charge in [0.25, 0.3) is 0 Å². The summed E-state index contributed by atoms with van der Waals surface area (Å²) in [5.41, 5.74) is 0. The van der Waals surface area contributed by atoms with Gasteiger partial charge in [0.05, 0.1) is 19.2 Å². The molecule has 1 aliphatic heterocycles. The Labute approximate surface area is 130 Å². The molecule has 0 unspecified atom stereocenters. The SMILES string of the molecule is COc1cc(S(=O)(=O)N2CCCC[C@@H]2C)c(OC)cc1Cl. The van der Waals surface area contributed by atoms with Crippen molar-refractivity contribution in [2.24, 2.45) is 0 Å². The molecular weight excluding hydrogens is 314 g/mol. The summed E-state index contributed by atoms with van der Waals surface area (Å²) in [6, 6.07) is 2.88. The van der Waals surface area contributed by atoms with Gasteiger partial charge in [-0.2, -0.15) is 4.31 Å². The lowest BCUT2D eigenvalue weighted by atomic mass is 10.1. The zero-order valence-corrected chi connectivity index (χ0v) is 14.0. The number of halogens is 1. The number of hydrogen-bond acceptors (Lipinski definition) is 4. The van der Waals surface area contributed by atoms with Crippen LogP contribution in [0.2, 0.25) is 5.02 Å². The van der Waals surface area contributed by atoms with Crippen LogP contribution in [0.15, 0.2) is 17.0 Å². The average Bonchev–Trinajstić information content (AvgIpc) is 2.46. The molecule has 1 aromatic carbocycles. The first-order valence-electron chi connectivity index (χ1n) is 6.85. The summed E-state index contributed by atoms with van der Waals surface area (Å²) >= 11 is 6.03. The van der Waals surface area contributed by atoms with E-state index < -0.39 is 10.0 Å². The Hall–Kier alpha value is -0.980. The van der Waals surface area contributed by atoms with Crippen molar-refractivity contribution in [3.63, 3.8) is 0 Å².